The minimum atomic E-state index is -0.456. The maximum atomic E-state index is 11.2. The third-order valence-electron chi connectivity index (χ3n) is 3.63. The number of ether oxygens (including phenoxy) is 1. The molecule has 1 amide bonds. The molecule has 1 aliphatic rings. The lowest BCUT2D eigenvalue weighted by atomic mass is 9.65. The molecule has 4 N–H and O–H groups in total. The lowest BCUT2D eigenvalue weighted by molar-refractivity contribution is 0.0912. The smallest absolute Gasteiger partial charge is 0.252 e. The Morgan fingerprint density at radius 3 is 2.72 bits per heavy atom. The van der Waals surface area contributed by atoms with Gasteiger partial charge in [-0.3, -0.25) is 4.79 Å². The molecule has 0 saturated heterocycles. The topological polar surface area (TPSA) is 78.3 Å². The highest BCUT2D eigenvalue weighted by molar-refractivity contribution is 5.95. The zero-order chi connectivity index (χ0) is 13.2. The zero-order valence-corrected chi connectivity index (χ0v) is 10.7. The van der Waals surface area contributed by atoms with Gasteiger partial charge in [-0.25, -0.2) is 0 Å². The summed E-state index contributed by atoms with van der Waals surface area (Å²) in [6.07, 6.45) is 3.05. The van der Waals surface area contributed by atoms with Gasteiger partial charge in [-0.1, -0.05) is 19.1 Å². The number of amides is 1. The first-order valence-corrected chi connectivity index (χ1v) is 6.27. The summed E-state index contributed by atoms with van der Waals surface area (Å²) in [5.74, 6) is 0.111. The predicted molar refractivity (Wildman–Crippen MR) is 70.4 cm³/mol. The van der Waals surface area contributed by atoms with E-state index < -0.39 is 5.91 Å². The predicted octanol–water partition coefficient (Wildman–Crippen LogP) is 1.68. The number of hydrogen-bond donors (Lipinski definition) is 2. The number of carbonyl (C=O) groups is 1. The first-order chi connectivity index (χ1) is 8.50. The molecular formula is C14H20N2O2. The standard InChI is InChI=1S/C14H20N2O2/c1-14(8-10(15)9-14)6-7-18-12-5-3-2-4-11(12)13(16)17/h2-5,10H,6-9,15H2,1H3,(H2,16,17)/t10-,14-. The SMILES string of the molecule is C[C@]1(CCOc2ccccc2C(N)=O)C[C@H](N)C1. The van der Waals surface area contributed by atoms with Crippen molar-refractivity contribution in [2.24, 2.45) is 16.9 Å². The number of carbonyl (C=O) groups excluding carboxylic acids is 1. The molecule has 0 unspecified atom stereocenters. The van der Waals surface area contributed by atoms with Crippen molar-refractivity contribution in [3.8, 4) is 5.75 Å². The number of benzene rings is 1. The van der Waals surface area contributed by atoms with E-state index in [0.29, 0.717) is 29.4 Å². The minimum Gasteiger partial charge on any atom is -0.493 e. The van der Waals surface area contributed by atoms with Crippen LogP contribution < -0.4 is 16.2 Å². The average molecular weight is 248 g/mol. The Labute approximate surface area is 107 Å². The van der Waals surface area contributed by atoms with Gasteiger partial charge in [0.2, 0.25) is 0 Å². The van der Waals surface area contributed by atoms with Gasteiger partial charge in [-0.05, 0) is 36.8 Å². The van der Waals surface area contributed by atoms with E-state index in [1.54, 1.807) is 18.2 Å². The summed E-state index contributed by atoms with van der Waals surface area (Å²) in [5, 5.41) is 0. The highest BCUT2D eigenvalue weighted by atomic mass is 16.5. The van der Waals surface area contributed by atoms with Gasteiger partial charge in [0.25, 0.3) is 5.91 Å². The summed E-state index contributed by atoms with van der Waals surface area (Å²) < 4.78 is 5.66. The molecule has 0 heterocycles. The molecule has 1 aliphatic carbocycles. The maximum absolute atomic E-state index is 11.2. The van der Waals surface area contributed by atoms with Gasteiger partial charge in [0.1, 0.15) is 5.75 Å². The Bertz CT molecular complexity index is 439. The fraction of sp³-hybridized carbons (Fsp3) is 0.500. The van der Waals surface area contributed by atoms with Crippen molar-refractivity contribution in [2.45, 2.75) is 32.2 Å². The van der Waals surface area contributed by atoms with E-state index >= 15 is 0 Å². The van der Waals surface area contributed by atoms with Gasteiger partial charge in [0.05, 0.1) is 12.2 Å². The molecule has 1 fully saturated rings. The van der Waals surface area contributed by atoms with Gasteiger partial charge < -0.3 is 16.2 Å². The number of para-hydroxylation sites is 1. The summed E-state index contributed by atoms with van der Waals surface area (Å²) in [7, 11) is 0. The first kappa shape index (κ1) is 12.9. The van der Waals surface area contributed by atoms with Crippen LogP contribution in [0.4, 0.5) is 0 Å². The Morgan fingerprint density at radius 2 is 2.11 bits per heavy atom. The van der Waals surface area contributed by atoms with Crippen molar-refractivity contribution < 1.29 is 9.53 Å². The van der Waals surface area contributed by atoms with Crippen LogP contribution in [-0.2, 0) is 0 Å². The Balaban J connectivity index is 1.89. The van der Waals surface area contributed by atoms with E-state index in [-0.39, 0.29) is 0 Å². The van der Waals surface area contributed by atoms with Crippen LogP contribution in [0.1, 0.15) is 36.5 Å². The molecule has 0 radical (unpaired) electrons. The van der Waals surface area contributed by atoms with E-state index in [2.05, 4.69) is 6.92 Å². The van der Waals surface area contributed by atoms with Gasteiger partial charge >= 0.3 is 0 Å². The van der Waals surface area contributed by atoms with Gasteiger partial charge in [0.15, 0.2) is 0 Å². The molecule has 1 aromatic carbocycles. The van der Waals surface area contributed by atoms with Crippen molar-refractivity contribution >= 4 is 5.91 Å². The summed E-state index contributed by atoms with van der Waals surface area (Å²) in [6, 6.07) is 7.41. The van der Waals surface area contributed by atoms with Crippen LogP contribution in [0.25, 0.3) is 0 Å². The summed E-state index contributed by atoms with van der Waals surface area (Å²) in [4.78, 5) is 11.2. The van der Waals surface area contributed by atoms with E-state index in [9.17, 15) is 4.79 Å². The molecular weight excluding hydrogens is 228 g/mol. The van der Waals surface area contributed by atoms with Crippen molar-refractivity contribution in [1.29, 1.82) is 0 Å². The molecule has 0 aromatic heterocycles. The van der Waals surface area contributed by atoms with E-state index in [1.165, 1.54) is 0 Å². The molecule has 4 heteroatoms. The van der Waals surface area contributed by atoms with E-state index in [4.69, 9.17) is 16.2 Å². The second-order valence-electron chi connectivity index (χ2n) is 5.44. The first-order valence-electron chi connectivity index (χ1n) is 6.27. The molecule has 1 saturated carbocycles. The van der Waals surface area contributed by atoms with Crippen LogP contribution >= 0.6 is 0 Å². The lowest BCUT2D eigenvalue weighted by Gasteiger charge is -2.43. The fourth-order valence-corrected chi connectivity index (χ4v) is 2.61. The van der Waals surface area contributed by atoms with Crippen LogP contribution in [0, 0.1) is 5.41 Å². The lowest BCUT2D eigenvalue weighted by Crippen LogP contribution is -2.44. The molecule has 0 spiro atoms. The quantitative estimate of drug-likeness (QED) is 0.832. The molecule has 1 aromatic rings. The van der Waals surface area contributed by atoms with Crippen LogP contribution in [0.3, 0.4) is 0 Å². The molecule has 2 rings (SSSR count). The number of rotatable bonds is 5. The number of nitrogens with two attached hydrogens (primary N) is 2. The minimum absolute atomic E-state index is 0.293. The normalized spacial score (nSPS) is 26.4. The number of primary amides is 1. The van der Waals surface area contributed by atoms with Crippen molar-refractivity contribution in [3.05, 3.63) is 29.8 Å². The van der Waals surface area contributed by atoms with Gasteiger partial charge in [0, 0.05) is 6.04 Å². The average Bonchev–Trinajstić information content (AvgIpc) is 2.27. The summed E-state index contributed by atoms with van der Waals surface area (Å²) in [5.41, 5.74) is 11.8. The van der Waals surface area contributed by atoms with Crippen molar-refractivity contribution in [2.75, 3.05) is 6.61 Å². The second kappa shape index (κ2) is 4.98. The third kappa shape index (κ3) is 2.82. The largest absolute Gasteiger partial charge is 0.493 e. The molecule has 4 nitrogen and oxygen atoms in total. The van der Waals surface area contributed by atoms with Crippen LogP contribution in [0.5, 0.6) is 5.75 Å². The van der Waals surface area contributed by atoms with Crippen molar-refractivity contribution in [1.82, 2.24) is 0 Å². The Morgan fingerprint density at radius 1 is 1.44 bits per heavy atom. The summed E-state index contributed by atoms with van der Waals surface area (Å²) in [6.45, 7) is 2.81. The monoisotopic (exact) mass is 248 g/mol. The highest BCUT2D eigenvalue weighted by Crippen LogP contribution is 2.42. The van der Waals surface area contributed by atoms with E-state index in [0.717, 1.165) is 19.3 Å². The van der Waals surface area contributed by atoms with E-state index in [1.807, 2.05) is 6.07 Å². The Hall–Kier alpha value is -1.55. The van der Waals surface area contributed by atoms with Crippen LogP contribution in [-0.4, -0.2) is 18.6 Å². The third-order valence-corrected chi connectivity index (χ3v) is 3.63. The maximum Gasteiger partial charge on any atom is 0.252 e. The zero-order valence-electron chi connectivity index (χ0n) is 10.7. The Kier molecular flexibility index (Phi) is 3.57. The summed E-state index contributed by atoms with van der Waals surface area (Å²) >= 11 is 0. The van der Waals surface area contributed by atoms with Crippen LogP contribution in [0.2, 0.25) is 0 Å². The van der Waals surface area contributed by atoms with Gasteiger partial charge in [-0.15, -0.1) is 0 Å². The van der Waals surface area contributed by atoms with Crippen molar-refractivity contribution in [3.63, 3.8) is 0 Å². The number of hydrogen-bond acceptors (Lipinski definition) is 3. The molecule has 18 heavy (non-hydrogen) atoms. The van der Waals surface area contributed by atoms with Gasteiger partial charge in [-0.2, -0.15) is 0 Å². The second-order valence-corrected chi connectivity index (χ2v) is 5.44. The highest BCUT2D eigenvalue weighted by Gasteiger charge is 2.37. The molecule has 0 aliphatic heterocycles. The molecule has 98 valence electrons. The fourth-order valence-electron chi connectivity index (χ4n) is 2.61. The van der Waals surface area contributed by atoms with Crippen LogP contribution in [0.15, 0.2) is 24.3 Å². The molecule has 0 atom stereocenters. The molecule has 0 bridgehead atoms.